The number of anilines is 3. The molecule has 212 valence electrons. The maximum Gasteiger partial charge on any atom is 0.258 e. The summed E-state index contributed by atoms with van der Waals surface area (Å²) in [6.45, 7) is 1.61. The maximum absolute atomic E-state index is 14.2. The van der Waals surface area contributed by atoms with E-state index >= 15 is 0 Å². The third-order valence-electron chi connectivity index (χ3n) is 7.06. The first-order valence-corrected chi connectivity index (χ1v) is 13.0. The zero-order chi connectivity index (χ0) is 28.4. The predicted molar refractivity (Wildman–Crippen MR) is 163 cm³/mol. The summed E-state index contributed by atoms with van der Waals surface area (Å²) < 4.78 is 5.70. The highest BCUT2D eigenvalue weighted by molar-refractivity contribution is 6.13. The quantitative estimate of drug-likeness (QED) is 0.300. The second-order valence-corrected chi connectivity index (χ2v) is 9.77. The first-order chi connectivity index (χ1) is 19.3. The molecular weight excluding hydrogens is 542 g/mol. The number of nitrogens with one attached hydrogen (secondary N) is 1. The largest absolute Gasteiger partial charge is 0.496 e. The van der Waals surface area contributed by atoms with Crippen LogP contribution < -0.4 is 31.3 Å². The summed E-state index contributed by atoms with van der Waals surface area (Å²) in [7, 11) is 1.59. The van der Waals surface area contributed by atoms with E-state index in [0.717, 1.165) is 16.3 Å². The average Bonchev–Trinajstić information content (AvgIpc) is 3.08. The highest BCUT2D eigenvalue weighted by Crippen LogP contribution is 2.37. The van der Waals surface area contributed by atoms with Gasteiger partial charge in [0.25, 0.3) is 11.8 Å². The van der Waals surface area contributed by atoms with Crippen LogP contribution >= 0.6 is 12.4 Å². The Morgan fingerprint density at radius 2 is 1.63 bits per heavy atom. The van der Waals surface area contributed by atoms with Gasteiger partial charge in [-0.3, -0.25) is 14.4 Å². The van der Waals surface area contributed by atoms with Crippen LogP contribution in [0.25, 0.3) is 10.8 Å². The lowest BCUT2D eigenvalue weighted by molar-refractivity contribution is -0.127. The molecule has 1 aliphatic heterocycles. The molecule has 0 radical (unpaired) electrons. The van der Waals surface area contributed by atoms with Gasteiger partial charge in [-0.15, -0.1) is 12.4 Å². The Balaban J connectivity index is 0.00000387. The van der Waals surface area contributed by atoms with Crippen LogP contribution in [0.4, 0.5) is 17.1 Å². The molecule has 10 heteroatoms. The molecule has 0 saturated heterocycles. The van der Waals surface area contributed by atoms with Gasteiger partial charge in [0.2, 0.25) is 5.91 Å². The van der Waals surface area contributed by atoms with Gasteiger partial charge in [-0.25, -0.2) is 0 Å². The van der Waals surface area contributed by atoms with Gasteiger partial charge < -0.3 is 31.3 Å². The van der Waals surface area contributed by atoms with Crippen LogP contribution in [-0.2, 0) is 16.1 Å². The minimum atomic E-state index is -1.05. The molecule has 1 aliphatic rings. The predicted octanol–water partition coefficient (Wildman–Crippen LogP) is 3.88. The molecular formula is C31H32ClN5O4. The minimum absolute atomic E-state index is 0. The van der Waals surface area contributed by atoms with Crippen molar-refractivity contribution in [1.82, 2.24) is 5.32 Å². The normalized spacial score (nSPS) is 15.4. The lowest BCUT2D eigenvalue weighted by Crippen LogP contribution is -2.55. The van der Waals surface area contributed by atoms with Gasteiger partial charge >= 0.3 is 0 Å². The standard InChI is InChI=1S/C31H31N5O4.ClH/c1-19(32)29(37)34-25-18-36(30(38)21-11-14-22(33)15-12-21)27-10-6-5-9-26(27)35(31(25)39)17-24-23-8-4-3-7-20(23)13-16-28(24)40-2;/h3-16,19,25H,17-18,32-33H2,1-2H3,(H,34,37);1H. The smallest absolute Gasteiger partial charge is 0.258 e. The molecule has 0 aromatic heterocycles. The van der Waals surface area contributed by atoms with Crippen molar-refractivity contribution in [3.63, 3.8) is 0 Å². The zero-order valence-corrected chi connectivity index (χ0v) is 23.6. The van der Waals surface area contributed by atoms with Crippen LogP contribution in [0.2, 0.25) is 0 Å². The van der Waals surface area contributed by atoms with Crippen LogP contribution in [0.1, 0.15) is 22.8 Å². The molecule has 2 atom stereocenters. The third kappa shape index (κ3) is 5.82. The Morgan fingerprint density at radius 3 is 2.32 bits per heavy atom. The number of methoxy groups -OCH3 is 1. The van der Waals surface area contributed by atoms with Crippen LogP contribution in [-0.4, -0.2) is 43.5 Å². The van der Waals surface area contributed by atoms with E-state index in [1.165, 1.54) is 4.90 Å². The summed E-state index contributed by atoms with van der Waals surface area (Å²) in [4.78, 5) is 43.9. The Bertz CT molecular complexity index is 1590. The number of hydrogen-bond acceptors (Lipinski definition) is 6. The number of nitrogen functional groups attached to an aromatic ring is 1. The second kappa shape index (κ2) is 12.3. The summed E-state index contributed by atoms with van der Waals surface area (Å²) in [6.07, 6.45) is 0. The lowest BCUT2D eigenvalue weighted by atomic mass is 10.0. The van der Waals surface area contributed by atoms with Gasteiger partial charge in [-0.2, -0.15) is 0 Å². The first kappa shape index (κ1) is 29.4. The number of nitrogens with zero attached hydrogens (tertiary/aromatic N) is 2. The van der Waals surface area contributed by atoms with Gasteiger partial charge in [-0.1, -0.05) is 42.5 Å². The number of amides is 3. The van der Waals surface area contributed by atoms with Crippen LogP contribution in [0.5, 0.6) is 5.75 Å². The Hall–Kier alpha value is -4.60. The molecule has 0 saturated carbocycles. The molecule has 2 unspecified atom stereocenters. The summed E-state index contributed by atoms with van der Waals surface area (Å²) in [5.74, 6) is -0.569. The number of carbonyl (C=O) groups is 3. The van der Waals surface area contributed by atoms with Crippen molar-refractivity contribution >= 4 is 58.0 Å². The Labute approximate surface area is 244 Å². The molecule has 0 spiro atoms. The highest BCUT2D eigenvalue weighted by atomic mass is 35.5. The highest BCUT2D eigenvalue weighted by Gasteiger charge is 2.38. The van der Waals surface area contributed by atoms with Gasteiger partial charge in [-0.05, 0) is 60.2 Å². The number of para-hydroxylation sites is 2. The molecule has 5 rings (SSSR count). The number of nitrogens with two attached hydrogens (primary N) is 2. The second-order valence-electron chi connectivity index (χ2n) is 9.77. The molecule has 5 N–H and O–H groups in total. The summed E-state index contributed by atoms with van der Waals surface area (Å²) in [6, 6.07) is 23.6. The number of fused-ring (bicyclic) bond motifs is 2. The van der Waals surface area contributed by atoms with Crippen molar-refractivity contribution in [2.75, 3.05) is 29.2 Å². The van der Waals surface area contributed by atoms with E-state index in [-0.39, 0.29) is 37.3 Å². The summed E-state index contributed by atoms with van der Waals surface area (Å²) >= 11 is 0. The van der Waals surface area contributed by atoms with E-state index in [9.17, 15) is 14.4 Å². The SMILES string of the molecule is COc1ccc2ccccc2c1CN1C(=O)C(NC(=O)C(C)N)CN(C(=O)c2ccc(N)cc2)c2ccccc21.Cl. The number of hydrogen-bond donors (Lipinski definition) is 3. The fraction of sp³-hybridized carbons (Fsp3) is 0.194. The molecule has 0 aliphatic carbocycles. The van der Waals surface area contributed by atoms with Crippen LogP contribution in [0, 0.1) is 0 Å². The van der Waals surface area contributed by atoms with E-state index in [1.807, 2.05) is 48.5 Å². The van der Waals surface area contributed by atoms with Crippen LogP contribution in [0.15, 0.2) is 84.9 Å². The van der Waals surface area contributed by atoms with E-state index in [2.05, 4.69) is 5.32 Å². The average molecular weight is 574 g/mol. The van der Waals surface area contributed by atoms with Crippen molar-refractivity contribution in [2.24, 2.45) is 5.73 Å². The van der Waals surface area contributed by atoms with Gasteiger partial charge in [0.1, 0.15) is 11.8 Å². The fourth-order valence-corrected chi connectivity index (χ4v) is 4.96. The van der Waals surface area contributed by atoms with E-state index < -0.39 is 18.0 Å². The number of rotatable bonds is 6. The third-order valence-corrected chi connectivity index (χ3v) is 7.06. The minimum Gasteiger partial charge on any atom is -0.496 e. The van der Waals surface area contributed by atoms with E-state index in [1.54, 1.807) is 55.3 Å². The van der Waals surface area contributed by atoms with Crippen molar-refractivity contribution in [3.05, 3.63) is 96.1 Å². The Morgan fingerprint density at radius 1 is 0.976 bits per heavy atom. The summed E-state index contributed by atoms with van der Waals surface area (Å²) in [5, 5.41) is 4.70. The van der Waals surface area contributed by atoms with E-state index in [4.69, 9.17) is 16.2 Å². The number of halogens is 1. The van der Waals surface area contributed by atoms with Crippen LogP contribution in [0.3, 0.4) is 0 Å². The fourth-order valence-electron chi connectivity index (χ4n) is 4.96. The van der Waals surface area contributed by atoms with Crippen molar-refractivity contribution < 1.29 is 19.1 Å². The van der Waals surface area contributed by atoms with E-state index in [0.29, 0.717) is 28.4 Å². The molecule has 0 bridgehead atoms. The van der Waals surface area contributed by atoms with Crippen molar-refractivity contribution in [3.8, 4) is 5.75 Å². The zero-order valence-electron chi connectivity index (χ0n) is 22.7. The Kier molecular flexibility index (Phi) is 8.80. The molecule has 4 aromatic carbocycles. The van der Waals surface area contributed by atoms with Gasteiger partial charge in [0.05, 0.1) is 37.6 Å². The molecule has 9 nitrogen and oxygen atoms in total. The lowest BCUT2D eigenvalue weighted by Gasteiger charge is -2.27. The topological polar surface area (TPSA) is 131 Å². The molecule has 41 heavy (non-hydrogen) atoms. The first-order valence-electron chi connectivity index (χ1n) is 13.0. The van der Waals surface area contributed by atoms with Crippen molar-refractivity contribution in [1.29, 1.82) is 0 Å². The molecule has 4 aromatic rings. The maximum atomic E-state index is 14.2. The summed E-state index contributed by atoms with van der Waals surface area (Å²) in [5.41, 5.74) is 14.5. The molecule has 1 heterocycles. The monoisotopic (exact) mass is 573 g/mol. The number of benzene rings is 4. The van der Waals surface area contributed by atoms with Gasteiger partial charge in [0, 0.05) is 16.8 Å². The number of ether oxygens (including phenoxy) is 1. The number of carbonyl (C=O) groups excluding carboxylic acids is 3. The molecule has 0 fully saturated rings. The van der Waals surface area contributed by atoms with Crippen molar-refractivity contribution in [2.45, 2.75) is 25.6 Å². The molecule has 3 amide bonds. The van der Waals surface area contributed by atoms with Gasteiger partial charge in [0.15, 0.2) is 0 Å².